The van der Waals surface area contributed by atoms with Crippen molar-refractivity contribution in [1.82, 2.24) is 0 Å². The number of hydrogen-bond acceptors (Lipinski definition) is 2. The Hall–Kier alpha value is -1.13. The minimum Gasteiger partial charge on any atom is -0.485 e. The summed E-state index contributed by atoms with van der Waals surface area (Å²) in [4.78, 5) is 11.8. The number of benzene rings is 2. The molecule has 0 fully saturated rings. The summed E-state index contributed by atoms with van der Waals surface area (Å²) >= 11 is 6.67. The Labute approximate surface area is 122 Å². The quantitative estimate of drug-likeness (QED) is 0.743. The summed E-state index contributed by atoms with van der Waals surface area (Å²) in [6.07, 6.45) is 0. The van der Waals surface area contributed by atoms with Gasteiger partial charge in [-0.2, -0.15) is 0 Å². The number of hydrogen-bond donors (Lipinski definition) is 0. The van der Waals surface area contributed by atoms with Crippen molar-refractivity contribution in [3.8, 4) is 5.75 Å². The van der Waals surface area contributed by atoms with Crippen LogP contribution in [0.15, 0.2) is 57.5 Å². The first-order valence-corrected chi connectivity index (χ1v) is 6.91. The second kappa shape index (κ2) is 6.16. The Morgan fingerprint density at radius 2 is 1.39 bits per heavy atom. The molecule has 0 aliphatic rings. The number of carbonyl (C=O) groups is 1. The fourth-order valence-electron chi connectivity index (χ4n) is 1.40. The van der Waals surface area contributed by atoms with Gasteiger partial charge in [0.15, 0.2) is 12.4 Å². The third kappa shape index (κ3) is 3.68. The second-order valence-corrected chi connectivity index (χ2v) is 5.50. The molecule has 92 valence electrons. The van der Waals surface area contributed by atoms with Gasteiger partial charge in [-0.3, -0.25) is 4.79 Å². The molecule has 0 atom stereocenters. The molecule has 2 aromatic carbocycles. The monoisotopic (exact) mass is 368 g/mol. The summed E-state index contributed by atoms with van der Waals surface area (Å²) in [5.74, 6) is 0.647. The average Bonchev–Trinajstić information content (AvgIpc) is 2.38. The first-order chi connectivity index (χ1) is 8.65. The summed E-state index contributed by atoms with van der Waals surface area (Å²) in [5.41, 5.74) is 0.648. The van der Waals surface area contributed by atoms with Crippen molar-refractivity contribution >= 4 is 37.6 Å². The first kappa shape index (κ1) is 13.3. The van der Waals surface area contributed by atoms with Crippen LogP contribution in [-0.4, -0.2) is 12.4 Å². The van der Waals surface area contributed by atoms with Gasteiger partial charge in [0.25, 0.3) is 0 Å². The van der Waals surface area contributed by atoms with Crippen molar-refractivity contribution in [3.63, 3.8) is 0 Å². The number of halogens is 2. The Morgan fingerprint density at radius 3 is 1.94 bits per heavy atom. The third-order valence-electron chi connectivity index (χ3n) is 2.35. The van der Waals surface area contributed by atoms with Crippen molar-refractivity contribution in [2.45, 2.75) is 0 Å². The second-order valence-electron chi connectivity index (χ2n) is 3.67. The number of ketones is 1. The van der Waals surface area contributed by atoms with Gasteiger partial charge in [-0.25, -0.2) is 0 Å². The van der Waals surface area contributed by atoms with E-state index in [2.05, 4.69) is 31.9 Å². The maximum atomic E-state index is 11.8. The van der Waals surface area contributed by atoms with E-state index in [-0.39, 0.29) is 12.4 Å². The molecular weight excluding hydrogens is 360 g/mol. The van der Waals surface area contributed by atoms with E-state index in [1.165, 1.54) is 0 Å². The van der Waals surface area contributed by atoms with E-state index in [1.807, 2.05) is 36.4 Å². The van der Waals surface area contributed by atoms with Crippen molar-refractivity contribution in [2.75, 3.05) is 6.61 Å². The van der Waals surface area contributed by atoms with Crippen LogP contribution >= 0.6 is 31.9 Å². The van der Waals surface area contributed by atoms with Gasteiger partial charge in [-0.05, 0) is 36.4 Å². The van der Waals surface area contributed by atoms with E-state index in [0.29, 0.717) is 11.3 Å². The average molecular weight is 370 g/mol. The predicted molar refractivity (Wildman–Crippen MR) is 78.1 cm³/mol. The van der Waals surface area contributed by atoms with Crippen LogP contribution in [-0.2, 0) is 0 Å². The molecule has 0 unspecified atom stereocenters. The molecule has 2 aromatic rings. The standard InChI is InChI=1S/C14H10Br2O2/c15-11-3-1-10(2-4-11)14(17)9-18-13-7-5-12(16)6-8-13/h1-8H,9H2. The van der Waals surface area contributed by atoms with E-state index < -0.39 is 0 Å². The van der Waals surface area contributed by atoms with Gasteiger partial charge in [0, 0.05) is 14.5 Å². The molecule has 2 nitrogen and oxygen atoms in total. The minimum atomic E-state index is -0.0366. The van der Waals surface area contributed by atoms with Crippen LogP contribution in [0.2, 0.25) is 0 Å². The highest BCUT2D eigenvalue weighted by atomic mass is 79.9. The van der Waals surface area contributed by atoms with Crippen LogP contribution in [0.5, 0.6) is 5.75 Å². The number of rotatable bonds is 4. The van der Waals surface area contributed by atoms with Gasteiger partial charge in [-0.1, -0.05) is 44.0 Å². The summed E-state index contributed by atoms with van der Waals surface area (Å²) in [7, 11) is 0. The zero-order chi connectivity index (χ0) is 13.0. The highest BCUT2D eigenvalue weighted by Crippen LogP contribution is 2.16. The molecule has 4 heteroatoms. The van der Waals surface area contributed by atoms with Gasteiger partial charge < -0.3 is 4.74 Å². The van der Waals surface area contributed by atoms with Gasteiger partial charge in [0.2, 0.25) is 0 Å². The molecule has 0 aliphatic heterocycles. The molecule has 0 bridgehead atoms. The van der Waals surface area contributed by atoms with Crippen LogP contribution in [0.3, 0.4) is 0 Å². The lowest BCUT2D eigenvalue weighted by molar-refractivity contribution is 0.0921. The zero-order valence-corrected chi connectivity index (χ0v) is 12.6. The molecule has 0 radical (unpaired) electrons. The fourth-order valence-corrected chi connectivity index (χ4v) is 1.93. The maximum absolute atomic E-state index is 11.8. The molecule has 2 rings (SSSR count). The van der Waals surface area contributed by atoms with Crippen molar-refractivity contribution in [2.24, 2.45) is 0 Å². The molecule has 0 amide bonds. The van der Waals surface area contributed by atoms with Crippen LogP contribution in [0.25, 0.3) is 0 Å². The summed E-state index contributed by atoms with van der Waals surface area (Å²) < 4.78 is 7.36. The Morgan fingerprint density at radius 1 is 0.889 bits per heavy atom. The highest BCUT2D eigenvalue weighted by molar-refractivity contribution is 9.10. The van der Waals surface area contributed by atoms with Gasteiger partial charge in [-0.15, -0.1) is 0 Å². The normalized spacial score (nSPS) is 10.1. The first-order valence-electron chi connectivity index (χ1n) is 5.32. The van der Waals surface area contributed by atoms with E-state index in [0.717, 1.165) is 8.95 Å². The summed E-state index contributed by atoms with van der Waals surface area (Å²) in [6.45, 7) is 0.0449. The molecule has 0 aromatic heterocycles. The molecule has 0 saturated heterocycles. The Bertz CT molecular complexity index is 533. The molecule has 0 aliphatic carbocycles. The maximum Gasteiger partial charge on any atom is 0.200 e. The smallest absolute Gasteiger partial charge is 0.200 e. The van der Waals surface area contributed by atoms with Gasteiger partial charge >= 0.3 is 0 Å². The molecule has 0 saturated carbocycles. The van der Waals surface area contributed by atoms with E-state index >= 15 is 0 Å². The van der Waals surface area contributed by atoms with Crippen molar-refractivity contribution in [3.05, 3.63) is 63.0 Å². The Kier molecular flexibility index (Phi) is 4.55. The molecule has 18 heavy (non-hydrogen) atoms. The van der Waals surface area contributed by atoms with Crippen LogP contribution < -0.4 is 4.74 Å². The third-order valence-corrected chi connectivity index (χ3v) is 3.41. The molecule has 0 N–H and O–H groups in total. The van der Waals surface area contributed by atoms with Gasteiger partial charge in [0.1, 0.15) is 5.75 Å². The van der Waals surface area contributed by atoms with Crippen molar-refractivity contribution < 1.29 is 9.53 Å². The molecule has 0 spiro atoms. The molecule has 0 heterocycles. The largest absolute Gasteiger partial charge is 0.485 e. The topological polar surface area (TPSA) is 26.3 Å². The summed E-state index contributed by atoms with van der Waals surface area (Å²) in [5, 5.41) is 0. The van der Waals surface area contributed by atoms with Crippen molar-refractivity contribution in [1.29, 1.82) is 0 Å². The predicted octanol–water partition coefficient (Wildman–Crippen LogP) is 4.47. The van der Waals surface area contributed by atoms with Crippen LogP contribution in [0, 0.1) is 0 Å². The van der Waals surface area contributed by atoms with E-state index in [4.69, 9.17) is 4.74 Å². The lowest BCUT2D eigenvalue weighted by atomic mass is 10.1. The summed E-state index contributed by atoms with van der Waals surface area (Å²) in [6, 6.07) is 14.6. The lowest BCUT2D eigenvalue weighted by Gasteiger charge is -2.05. The lowest BCUT2D eigenvalue weighted by Crippen LogP contribution is -2.11. The molecular formula is C14H10Br2O2. The zero-order valence-electron chi connectivity index (χ0n) is 9.40. The highest BCUT2D eigenvalue weighted by Gasteiger charge is 2.06. The minimum absolute atomic E-state index is 0.0366. The SMILES string of the molecule is O=C(COc1ccc(Br)cc1)c1ccc(Br)cc1. The number of ether oxygens (including phenoxy) is 1. The van der Waals surface area contributed by atoms with Crippen LogP contribution in [0.4, 0.5) is 0 Å². The van der Waals surface area contributed by atoms with Crippen LogP contribution in [0.1, 0.15) is 10.4 Å². The fraction of sp³-hybridized carbons (Fsp3) is 0.0714. The Balaban J connectivity index is 1.96. The van der Waals surface area contributed by atoms with E-state index in [1.54, 1.807) is 12.1 Å². The number of carbonyl (C=O) groups excluding carboxylic acids is 1. The van der Waals surface area contributed by atoms with Gasteiger partial charge in [0.05, 0.1) is 0 Å². The number of Topliss-reactive ketones (excluding diaryl/α,β-unsaturated/α-hetero) is 1. The van der Waals surface area contributed by atoms with E-state index in [9.17, 15) is 4.79 Å².